The van der Waals surface area contributed by atoms with E-state index in [0.717, 1.165) is 72.8 Å². The van der Waals surface area contributed by atoms with Crippen LogP contribution in [0.3, 0.4) is 0 Å². The highest BCUT2D eigenvalue weighted by atomic mass is 16.6. The van der Waals surface area contributed by atoms with Crippen LogP contribution in [0.5, 0.6) is 0 Å². The van der Waals surface area contributed by atoms with Crippen molar-refractivity contribution in [3.63, 3.8) is 0 Å². The summed E-state index contributed by atoms with van der Waals surface area (Å²) in [5, 5.41) is 0. The molecule has 18 atom stereocenters. The van der Waals surface area contributed by atoms with Crippen molar-refractivity contribution in [2.45, 2.75) is 270 Å². The number of hydrogen-bond donors (Lipinski definition) is 0. The predicted molar refractivity (Wildman–Crippen MR) is 236 cm³/mol. The van der Waals surface area contributed by atoms with Crippen molar-refractivity contribution in [3.8, 4) is 0 Å². The third kappa shape index (κ3) is 13.2. The highest BCUT2D eigenvalue weighted by molar-refractivity contribution is 5.10. The van der Waals surface area contributed by atoms with Crippen LogP contribution in [0.2, 0.25) is 0 Å². The van der Waals surface area contributed by atoms with Gasteiger partial charge in [0.1, 0.15) is 0 Å². The van der Waals surface area contributed by atoms with E-state index in [1.165, 1.54) is 161 Å². The minimum atomic E-state index is 0.309. The monoisotopic (exact) mass is 813 g/mol. The Morgan fingerprint density at radius 1 is 0.569 bits per heavy atom. The number of fused-ring (bicyclic) bond motifs is 9. The molecule has 6 nitrogen and oxygen atoms in total. The van der Waals surface area contributed by atoms with Gasteiger partial charge in [-0.15, -0.1) is 0 Å². The fourth-order valence-corrected chi connectivity index (χ4v) is 12.7. The van der Waals surface area contributed by atoms with E-state index in [1.54, 1.807) is 0 Å². The van der Waals surface area contributed by atoms with Crippen LogP contribution in [0.1, 0.15) is 209 Å². The maximum absolute atomic E-state index is 5.69. The molecule has 58 heavy (non-hydrogen) atoms. The molecule has 336 valence electrons. The molecule has 6 aliphatic carbocycles. The average Bonchev–Trinajstić information content (AvgIpc) is 3.99. The first kappa shape index (κ1) is 45.8. The van der Waals surface area contributed by atoms with Crippen molar-refractivity contribution < 1.29 is 28.4 Å². The number of rotatable bonds is 15. The van der Waals surface area contributed by atoms with Crippen LogP contribution >= 0.6 is 0 Å². The summed E-state index contributed by atoms with van der Waals surface area (Å²) < 4.78 is 33.4. The molecule has 5 aliphatic heterocycles. The topological polar surface area (TPSA) is 71.9 Å². The summed E-state index contributed by atoms with van der Waals surface area (Å²) in [7, 11) is 0. The molecule has 6 heteroatoms. The Hall–Kier alpha value is -0.240. The number of ether oxygens (including phenoxy) is 6. The first-order valence-corrected chi connectivity index (χ1v) is 26.1. The molecule has 6 saturated carbocycles. The molecule has 0 spiro atoms. The van der Waals surface area contributed by atoms with Gasteiger partial charge in [0.15, 0.2) is 0 Å². The van der Waals surface area contributed by atoms with E-state index in [0.29, 0.717) is 48.3 Å². The van der Waals surface area contributed by atoms with E-state index in [2.05, 4.69) is 48.5 Å². The fourth-order valence-electron chi connectivity index (χ4n) is 12.7. The first-order valence-electron chi connectivity index (χ1n) is 26.1. The molecule has 11 fully saturated rings. The first-order chi connectivity index (χ1) is 28.2. The largest absolute Gasteiger partial charge is 0.381 e. The zero-order valence-electron chi connectivity index (χ0n) is 38.9. The molecule has 0 aromatic heterocycles. The van der Waals surface area contributed by atoms with Gasteiger partial charge in [0, 0.05) is 13.2 Å². The lowest BCUT2D eigenvalue weighted by molar-refractivity contribution is 0.0861. The van der Waals surface area contributed by atoms with E-state index in [9.17, 15) is 0 Å². The summed E-state index contributed by atoms with van der Waals surface area (Å²) in [5.74, 6) is 7.60. The van der Waals surface area contributed by atoms with Crippen molar-refractivity contribution in [1.29, 1.82) is 0 Å². The van der Waals surface area contributed by atoms with E-state index in [-0.39, 0.29) is 0 Å². The van der Waals surface area contributed by atoms with Gasteiger partial charge in [0.2, 0.25) is 0 Å². The molecule has 5 saturated heterocycles. The highest BCUT2D eigenvalue weighted by Gasteiger charge is 2.62. The standard InChI is InChI=1S/C11H20O2.2C11H20O.C10H16O.C9H16O/c1-2-3-6-12-8-9-4-5-10-11(7-9)13-10;1-4-8(2)9-5-6-11(3)10(7-9)12-11;1-2-3-4-5-9-6-7-10-11(8-9)12-10;1-2-3-6-4-7-5-8(6)10-9(7)11-10;1-2-3-7-4-5-8-9(6-7)10-8/h9-11H,2-8H2,1H3;8-10H,4-7H2,1-3H3;9-11H,2-8H2,1H3;6-10H,2-5H2,1H3;7-9H,2-6H2,1H3. The molecular formula is C52H92O6. The van der Waals surface area contributed by atoms with Gasteiger partial charge in [0.25, 0.3) is 0 Å². The van der Waals surface area contributed by atoms with Crippen LogP contribution in [0.4, 0.5) is 0 Å². The highest BCUT2D eigenvalue weighted by Crippen LogP contribution is 2.59. The molecule has 5 heterocycles. The van der Waals surface area contributed by atoms with Crippen molar-refractivity contribution in [1.82, 2.24) is 0 Å². The summed E-state index contributed by atoms with van der Waals surface area (Å²) in [6.07, 6.45) is 40.2. The Morgan fingerprint density at radius 3 is 1.74 bits per heavy atom. The molecule has 2 bridgehead atoms. The lowest BCUT2D eigenvalue weighted by Gasteiger charge is -2.26. The molecule has 0 N–H and O–H groups in total. The third-order valence-corrected chi connectivity index (χ3v) is 17.2. The normalized spacial score (nSPS) is 45.2. The summed E-state index contributed by atoms with van der Waals surface area (Å²) >= 11 is 0. The summed E-state index contributed by atoms with van der Waals surface area (Å²) in [6, 6.07) is 0. The van der Waals surface area contributed by atoms with Crippen LogP contribution in [0, 0.1) is 47.3 Å². The van der Waals surface area contributed by atoms with Crippen molar-refractivity contribution in [2.24, 2.45) is 47.3 Å². The summed E-state index contributed by atoms with van der Waals surface area (Å²) in [4.78, 5) is 0. The van der Waals surface area contributed by atoms with Crippen LogP contribution < -0.4 is 0 Å². The number of unbranched alkanes of at least 4 members (excludes halogenated alkanes) is 3. The molecule has 0 aromatic carbocycles. The van der Waals surface area contributed by atoms with E-state index in [4.69, 9.17) is 28.4 Å². The van der Waals surface area contributed by atoms with Crippen molar-refractivity contribution in [3.05, 3.63) is 0 Å². The summed E-state index contributed by atoms with van der Waals surface area (Å²) in [6.45, 7) is 17.9. The van der Waals surface area contributed by atoms with Gasteiger partial charge < -0.3 is 28.4 Å². The second-order valence-electron chi connectivity index (χ2n) is 21.7. The molecule has 11 aliphatic rings. The van der Waals surface area contributed by atoms with Gasteiger partial charge in [-0.2, -0.15) is 0 Å². The minimum absolute atomic E-state index is 0.309. The average molecular weight is 813 g/mol. The predicted octanol–water partition coefficient (Wildman–Crippen LogP) is 13.1. The Labute approximate surface area is 357 Å². The van der Waals surface area contributed by atoms with Crippen molar-refractivity contribution in [2.75, 3.05) is 13.2 Å². The SMILES string of the molecule is CCC(C)C1CCC2(C)OC2C1.CCCC1CC2CC1C1OC21.CCCC1CCC2OC2C1.CCCCCC1CCC2OC2C1.CCCCOCC1CCC2OC2C1. The molecule has 11 rings (SSSR count). The fraction of sp³-hybridized carbons (Fsp3) is 1.00. The van der Waals surface area contributed by atoms with Crippen LogP contribution in [0.15, 0.2) is 0 Å². The Morgan fingerprint density at radius 2 is 1.19 bits per heavy atom. The second-order valence-corrected chi connectivity index (χ2v) is 21.7. The maximum Gasteiger partial charge on any atom is 0.0920 e. The Bertz CT molecular complexity index is 1200. The summed E-state index contributed by atoms with van der Waals surface area (Å²) in [5.41, 5.74) is 0.309. The van der Waals surface area contributed by atoms with E-state index < -0.39 is 0 Å². The van der Waals surface area contributed by atoms with Crippen LogP contribution in [-0.4, -0.2) is 73.8 Å². The maximum atomic E-state index is 5.69. The van der Waals surface area contributed by atoms with Gasteiger partial charge in [-0.1, -0.05) is 106 Å². The third-order valence-electron chi connectivity index (χ3n) is 17.2. The Balaban J connectivity index is 0.000000111. The molecule has 18 unspecified atom stereocenters. The molecular weight excluding hydrogens is 721 g/mol. The lowest BCUT2D eigenvalue weighted by atomic mass is 9.76. The minimum Gasteiger partial charge on any atom is -0.381 e. The Kier molecular flexibility index (Phi) is 17.3. The molecule has 0 aromatic rings. The van der Waals surface area contributed by atoms with Crippen molar-refractivity contribution >= 4 is 0 Å². The zero-order valence-corrected chi connectivity index (χ0v) is 38.9. The lowest BCUT2D eigenvalue weighted by Crippen LogP contribution is -2.24. The van der Waals surface area contributed by atoms with Gasteiger partial charge in [-0.05, 0) is 151 Å². The quantitative estimate of drug-likeness (QED) is 0.121. The van der Waals surface area contributed by atoms with Gasteiger partial charge in [-0.25, -0.2) is 0 Å². The smallest absolute Gasteiger partial charge is 0.0920 e. The van der Waals surface area contributed by atoms with E-state index in [1.807, 2.05) is 0 Å². The van der Waals surface area contributed by atoms with Gasteiger partial charge >= 0.3 is 0 Å². The van der Waals surface area contributed by atoms with E-state index >= 15 is 0 Å². The number of hydrogen-bond acceptors (Lipinski definition) is 6. The molecule has 0 radical (unpaired) electrons. The number of epoxide rings is 5. The van der Waals surface area contributed by atoms with Crippen LogP contribution in [-0.2, 0) is 28.4 Å². The van der Waals surface area contributed by atoms with Gasteiger partial charge in [0.05, 0.1) is 60.5 Å². The zero-order chi connectivity index (χ0) is 40.6. The van der Waals surface area contributed by atoms with Gasteiger partial charge in [-0.3, -0.25) is 0 Å². The molecule has 0 amide bonds. The van der Waals surface area contributed by atoms with Crippen LogP contribution in [0.25, 0.3) is 0 Å². The second kappa shape index (κ2) is 21.9.